The second kappa shape index (κ2) is 4.86. The molecule has 0 saturated carbocycles. The highest BCUT2D eigenvalue weighted by Crippen LogP contribution is 2.23. The topological polar surface area (TPSA) is 20.2 Å². The number of aliphatic hydroxyl groups is 1. The van der Waals surface area contributed by atoms with Gasteiger partial charge in [-0.05, 0) is 5.56 Å². The molecule has 0 amide bonds. The fourth-order valence-corrected chi connectivity index (χ4v) is 4.47. The molecule has 0 saturated heterocycles. The van der Waals surface area contributed by atoms with Crippen molar-refractivity contribution in [3.8, 4) is 0 Å². The standard InChI is InChI=1S/C15H18OSi/c1-17(2,14-11-7-4-8-12-14)15(16)13-9-5-3-6-10-13/h3-12,15-16H,1-2H3/t15-/m0/s1. The van der Waals surface area contributed by atoms with Gasteiger partial charge >= 0.3 is 0 Å². The zero-order valence-electron chi connectivity index (χ0n) is 10.3. The fraction of sp³-hybridized carbons (Fsp3) is 0.200. The van der Waals surface area contributed by atoms with Crippen LogP contribution in [0.1, 0.15) is 11.3 Å². The van der Waals surface area contributed by atoms with Crippen molar-refractivity contribution in [3.05, 3.63) is 66.2 Å². The van der Waals surface area contributed by atoms with E-state index >= 15 is 0 Å². The molecule has 1 atom stereocenters. The smallest absolute Gasteiger partial charge is 0.118 e. The Hall–Kier alpha value is -1.38. The van der Waals surface area contributed by atoms with Gasteiger partial charge in [-0.15, -0.1) is 0 Å². The Morgan fingerprint density at radius 2 is 1.29 bits per heavy atom. The fourth-order valence-electron chi connectivity index (χ4n) is 2.08. The molecule has 0 aliphatic heterocycles. The van der Waals surface area contributed by atoms with E-state index in [1.807, 2.05) is 48.5 Å². The SMILES string of the molecule is C[Si](C)(c1ccccc1)[C@H](O)c1ccccc1. The van der Waals surface area contributed by atoms with Crippen LogP contribution in [0.4, 0.5) is 0 Å². The summed E-state index contributed by atoms with van der Waals surface area (Å²) in [6.07, 6.45) is 0. The highest BCUT2D eigenvalue weighted by molar-refractivity contribution is 6.90. The first kappa shape index (κ1) is 12.1. The van der Waals surface area contributed by atoms with Crippen molar-refractivity contribution < 1.29 is 5.11 Å². The summed E-state index contributed by atoms with van der Waals surface area (Å²) in [6, 6.07) is 20.3. The third-order valence-corrected chi connectivity index (χ3v) is 6.84. The first-order valence-electron chi connectivity index (χ1n) is 5.91. The van der Waals surface area contributed by atoms with Crippen molar-refractivity contribution >= 4 is 13.3 Å². The van der Waals surface area contributed by atoms with Gasteiger partial charge in [0.1, 0.15) is 8.07 Å². The predicted octanol–water partition coefficient (Wildman–Crippen LogP) is 2.87. The molecule has 0 aliphatic rings. The maximum atomic E-state index is 10.6. The van der Waals surface area contributed by atoms with E-state index in [1.54, 1.807) is 0 Å². The molecule has 0 aromatic heterocycles. The van der Waals surface area contributed by atoms with Crippen LogP contribution < -0.4 is 5.19 Å². The maximum absolute atomic E-state index is 10.6. The molecule has 1 N–H and O–H groups in total. The first-order chi connectivity index (χ1) is 8.12. The molecule has 0 spiro atoms. The molecule has 2 aromatic rings. The van der Waals surface area contributed by atoms with Gasteiger partial charge in [0, 0.05) is 0 Å². The second-order valence-electron chi connectivity index (χ2n) is 4.90. The molecule has 0 heterocycles. The van der Waals surface area contributed by atoms with Gasteiger partial charge in [0.05, 0.1) is 5.73 Å². The molecule has 88 valence electrons. The minimum Gasteiger partial charge on any atom is -0.392 e. The van der Waals surface area contributed by atoms with E-state index in [9.17, 15) is 5.11 Å². The molecular formula is C15H18OSi. The quantitative estimate of drug-likeness (QED) is 0.821. The number of aliphatic hydroxyl groups excluding tert-OH is 1. The summed E-state index contributed by atoms with van der Waals surface area (Å²) in [6.45, 7) is 4.42. The lowest BCUT2D eigenvalue weighted by Gasteiger charge is -2.29. The van der Waals surface area contributed by atoms with Crippen molar-refractivity contribution in [3.63, 3.8) is 0 Å². The Morgan fingerprint density at radius 3 is 1.82 bits per heavy atom. The van der Waals surface area contributed by atoms with Crippen molar-refractivity contribution in [2.45, 2.75) is 18.8 Å². The summed E-state index contributed by atoms with van der Waals surface area (Å²) in [7, 11) is -1.87. The van der Waals surface area contributed by atoms with E-state index in [-0.39, 0.29) is 5.73 Å². The van der Waals surface area contributed by atoms with Crippen LogP contribution in [0, 0.1) is 0 Å². The average molecular weight is 242 g/mol. The Bertz CT molecular complexity index is 465. The van der Waals surface area contributed by atoms with Crippen molar-refractivity contribution in [2.75, 3.05) is 0 Å². The number of benzene rings is 2. The third-order valence-electron chi connectivity index (χ3n) is 3.32. The lowest BCUT2D eigenvalue weighted by Crippen LogP contribution is -2.47. The Balaban J connectivity index is 2.33. The van der Waals surface area contributed by atoms with Crippen LogP contribution in [0.2, 0.25) is 13.1 Å². The van der Waals surface area contributed by atoms with Gasteiger partial charge in [-0.2, -0.15) is 0 Å². The average Bonchev–Trinajstić information content (AvgIpc) is 2.40. The molecule has 1 nitrogen and oxygen atoms in total. The summed E-state index contributed by atoms with van der Waals surface area (Å²) < 4.78 is 0. The lowest BCUT2D eigenvalue weighted by atomic mass is 10.2. The molecule has 0 fully saturated rings. The van der Waals surface area contributed by atoms with Gasteiger partial charge in [-0.3, -0.25) is 0 Å². The molecule has 0 unspecified atom stereocenters. The molecule has 17 heavy (non-hydrogen) atoms. The lowest BCUT2D eigenvalue weighted by molar-refractivity contribution is 0.251. The Morgan fingerprint density at radius 1 is 0.824 bits per heavy atom. The van der Waals surface area contributed by atoms with Gasteiger partial charge in [-0.25, -0.2) is 0 Å². The van der Waals surface area contributed by atoms with E-state index < -0.39 is 8.07 Å². The largest absolute Gasteiger partial charge is 0.392 e. The zero-order chi connectivity index (χ0) is 12.3. The van der Waals surface area contributed by atoms with Crippen LogP contribution in [0.15, 0.2) is 60.7 Å². The summed E-state index contributed by atoms with van der Waals surface area (Å²) >= 11 is 0. The van der Waals surface area contributed by atoms with Gasteiger partial charge < -0.3 is 5.11 Å². The highest BCUT2D eigenvalue weighted by Gasteiger charge is 2.33. The normalized spacial score (nSPS) is 13.4. The summed E-state index contributed by atoms with van der Waals surface area (Å²) in [5.41, 5.74) is 0.666. The first-order valence-corrected chi connectivity index (χ1v) is 8.98. The summed E-state index contributed by atoms with van der Waals surface area (Å²) in [5, 5.41) is 11.9. The number of hydrogen-bond acceptors (Lipinski definition) is 1. The van der Waals surface area contributed by atoms with Gasteiger partial charge in [0.25, 0.3) is 0 Å². The molecular weight excluding hydrogens is 224 g/mol. The molecule has 2 rings (SSSR count). The molecule has 0 bridgehead atoms. The van der Waals surface area contributed by atoms with Crippen LogP contribution in [-0.2, 0) is 0 Å². The van der Waals surface area contributed by atoms with E-state index in [2.05, 4.69) is 25.2 Å². The monoisotopic (exact) mass is 242 g/mol. The second-order valence-corrected chi connectivity index (χ2v) is 9.47. The maximum Gasteiger partial charge on any atom is 0.118 e. The minimum absolute atomic E-state index is 0.355. The Labute approximate surface area is 104 Å². The van der Waals surface area contributed by atoms with Crippen molar-refractivity contribution in [2.24, 2.45) is 0 Å². The van der Waals surface area contributed by atoms with Gasteiger partial charge in [-0.1, -0.05) is 78.9 Å². The van der Waals surface area contributed by atoms with Crippen LogP contribution in [-0.4, -0.2) is 13.2 Å². The zero-order valence-corrected chi connectivity index (χ0v) is 11.3. The Kier molecular flexibility index (Phi) is 3.45. The van der Waals surface area contributed by atoms with Crippen molar-refractivity contribution in [1.29, 1.82) is 0 Å². The van der Waals surface area contributed by atoms with Crippen LogP contribution in [0.3, 0.4) is 0 Å². The number of hydrogen-bond donors (Lipinski definition) is 1. The van der Waals surface area contributed by atoms with E-state index in [0.29, 0.717) is 0 Å². The van der Waals surface area contributed by atoms with Crippen LogP contribution in [0.5, 0.6) is 0 Å². The van der Waals surface area contributed by atoms with Crippen LogP contribution >= 0.6 is 0 Å². The van der Waals surface area contributed by atoms with E-state index in [4.69, 9.17) is 0 Å². The molecule has 2 aromatic carbocycles. The summed E-state index contributed by atoms with van der Waals surface area (Å²) in [5.74, 6) is 0. The molecule has 0 radical (unpaired) electrons. The number of rotatable bonds is 3. The minimum atomic E-state index is -1.87. The predicted molar refractivity (Wildman–Crippen MR) is 75.0 cm³/mol. The molecule has 0 aliphatic carbocycles. The van der Waals surface area contributed by atoms with Crippen molar-refractivity contribution in [1.82, 2.24) is 0 Å². The third kappa shape index (κ3) is 2.48. The van der Waals surface area contributed by atoms with E-state index in [0.717, 1.165) is 5.56 Å². The summed E-state index contributed by atoms with van der Waals surface area (Å²) in [4.78, 5) is 0. The molecule has 2 heteroatoms. The highest BCUT2D eigenvalue weighted by atomic mass is 28.3. The van der Waals surface area contributed by atoms with Crippen LogP contribution in [0.25, 0.3) is 0 Å². The van der Waals surface area contributed by atoms with E-state index in [1.165, 1.54) is 5.19 Å². The van der Waals surface area contributed by atoms with Gasteiger partial charge in [0.2, 0.25) is 0 Å². The van der Waals surface area contributed by atoms with Gasteiger partial charge in [0.15, 0.2) is 0 Å².